The summed E-state index contributed by atoms with van der Waals surface area (Å²) in [5.41, 5.74) is 0.213. The van der Waals surface area contributed by atoms with Crippen molar-refractivity contribution in [2.45, 2.75) is 31.9 Å². The second-order valence-electron chi connectivity index (χ2n) is 5.01. The summed E-state index contributed by atoms with van der Waals surface area (Å²) in [5, 5.41) is 0. The van der Waals surface area contributed by atoms with Crippen LogP contribution in [0.3, 0.4) is 0 Å². The van der Waals surface area contributed by atoms with Crippen molar-refractivity contribution in [2.24, 2.45) is 11.8 Å². The lowest BCUT2D eigenvalue weighted by Crippen LogP contribution is -2.30. The standard InChI is InChI=1S/C14H16F3NO2/c1-20-11-3-2-8-18-12(11)13(19)9-4-6-10(7-5-9)14(15,16)17/h2-3,8-10H,4-7H2,1H3. The number of hydrogen-bond acceptors (Lipinski definition) is 3. The Kier molecular flexibility index (Phi) is 4.30. The van der Waals surface area contributed by atoms with Crippen molar-refractivity contribution in [3.63, 3.8) is 0 Å². The van der Waals surface area contributed by atoms with E-state index < -0.39 is 18.0 Å². The summed E-state index contributed by atoms with van der Waals surface area (Å²) in [5.74, 6) is -1.52. The molecule has 0 unspecified atom stereocenters. The maximum atomic E-state index is 12.6. The number of rotatable bonds is 3. The molecule has 0 radical (unpaired) electrons. The van der Waals surface area contributed by atoms with Crippen molar-refractivity contribution in [1.82, 2.24) is 4.98 Å². The number of halogens is 3. The van der Waals surface area contributed by atoms with Crippen molar-refractivity contribution in [2.75, 3.05) is 7.11 Å². The molecule has 0 bridgehead atoms. The fourth-order valence-corrected chi connectivity index (χ4v) is 2.62. The second-order valence-corrected chi connectivity index (χ2v) is 5.01. The Balaban J connectivity index is 2.05. The lowest BCUT2D eigenvalue weighted by Gasteiger charge is -2.29. The Morgan fingerprint density at radius 1 is 1.30 bits per heavy atom. The number of methoxy groups -OCH3 is 1. The van der Waals surface area contributed by atoms with Gasteiger partial charge in [-0.15, -0.1) is 0 Å². The van der Waals surface area contributed by atoms with E-state index in [-0.39, 0.29) is 37.2 Å². The number of aromatic nitrogens is 1. The topological polar surface area (TPSA) is 39.2 Å². The third-order valence-electron chi connectivity index (χ3n) is 3.78. The van der Waals surface area contributed by atoms with Gasteiger partial charge in [-0.3, -0.25) is 4.79 Å². The van der Waals surface area contributed by atoms with Crippen LogP contribution in [-0.4, -0.2) is 24.1 Å². The molecule has 3 nitrogen and oxygen atoms in total. The first-order chi connectivity index (χ1) is 9.43. The van der Waals surface area contributed by atoms with Gasteiger partial charge in [-0.1, -0.05) is 0 Å². The first-order valence-electron chi connectivity index (χ1n) is 6.53. The second kappa shape index (κ2) is 5.81. The molecular weight excluding hydrogens is 271 g/mol. The van der Waals surface area contributed by atoms with Crippen molar-refractivity contribution >= 4 is 5.78 Å². The van der Waals surface area contributed by atoms with Crippen LogP contribution in [0.25, 0.3) is 0 Å². The first kappa shape index (κ1) is 14.8. The minimum atomic E-state index is -4.16. The maximum absolute atomic E-state index is 12.6. The van der Waals surface area contributed by atoms with Gasteiger partial charge in [-0.05, 0) is 37.8 Å². The van der Waals surface area contributed by atoms with Gasteiger partial charge in [0.05, 0.1) is 13.0 Å². The van der Waals surface area contributed by atoms with Gasteiger partial charge in [-0.2, -0.15) is 13.2 Å². The van der Waals surface area contributed by atoms with E-state index in [1.54, 1.807) is 12.1 Å². The summed E-state index contributed by atoms with van der Waals surface area (Å²) >= 11 is 0. The predicted molar refractivity (Wildman–Crippen MR) is 66.6 cm³/mol. The monoisotopic (exact) mass is 287 g/mol. The van der Waals surface area contributed by atoms with Crippen LogP contribution in [0.4, 0.5) is 13.2 Å². The Hall–Kier alpha value is -1.59. The lowest BCUT2D eigenvalue weighted by molar-refractivity contribution is -0.183. The van der Waals surface area contributed by atoms with Crippen molar-refractivity contribution < 1.29 is 22.7 Å². The Morgan fingerprint density at radius 2 is 1.95 bits per heavy atom. The molecule has 110 valence electrons. The number of nitrogens with zero attached hydrogens (tertiary/aromatic N) is 1. The van der Waals surface area contributed by atoms with Crippen molar-refractivity contribution in [3.8, 4) is 5.75 Å². The highest BCUT2D eigenvalue weighted by Crippen LogP contribution is 2.40. The Labute approximate surface area is 115 Å². The first-order valence-corrected chi connectivity index (χ1v) is 6.53. The average molecular weight is 287 g/mol. The molecule has 0 N–H and O–H groups in total. The number of pyridine rings is 1. The lowest BCUT2D eigenvalue weighted by atomic mass is 9.79. The van der Waals surface area contributed by atoms with Crippen LogP contribution in [0.2, 0.25) is 0 Å². The summed E-state index contributed by atoms with van der Waals surface area (Å²) in [4.78, 5) is 16.3. The molecule has 1 aliphatic rings. The number of Topliss-reactive ketones (excluding diaryl/α,β-unsaturated/α-hetero) is 1. The number of ketones is 1. The van der Waals surface area contributed by atoms with Crippen molar-refractivity contribution in [3.05, 3.63) is 24.0 Å². The summed E-state index contributed by atoms with van der Waals surface area (Å²) in [6.45, 7) is 0. The van der Waals surface area contributed by atoms with Crippen LogP contribution in [0.5, 0.6) is 5.75 Å². The molecule has 0 aromatic carbocycles. The third kappa shape index (κ3) is 3.11. The molecule has 1 aromatic heterocycles. The molecule has 1 aliphatic carbocycles. The zero-order valence-electron chi connectivity index (χ0n) is 11.1. The van der Waals surface area contributed by atoms with Gasteiger partial charge in [-0.25, -0.2) is 4.98 Å². The number of carbonyl (C=O) groups excluding carboxylic acids is 1. The summed E-state index contributed by atoms with van der Waals surface area (Å²) in [6, 6.07) is 3.28. The Morgan fingerprint density at radius 3 is 2.50 bits per heavy atom. The smallest absolute Gasteiger partial charge is 0.391 e. The van der Waals surface area contributed by atoms with Gasteiger partial charge in [0, 0.05) is 12.1 Å². The highest BCUT2D eigenvalue weighted by molar-refractivity contribution is 5.98. The molecule has 1 heterocycles. The molecule has 6 heteroatoms. The molecule has 1 aromatic rings. The molecule has 0 saturated heterocycles. The van der Waals surface area contributed by atoms with Gasteiger partial charge < -0.3 is 4.74 Å². The van der Waals surface area contributed by atoms with Crippen LogP contribution < -0.4 is 4.74 Å². The van der Waals surface area contributed by atoms with Crippen molar-refractivity contribution in [1.29, 1.82) is 0 Å². The highest BCUT2D eigenvalue weighted by atomic mass is 19.4. The fraction of sp³-hybridized carbons (Fsp3) is 0.571. The number of ether oxygens (including phenoxy) is 1. The van der Waals surface area contributed by atoms with Crippen LogP contribution in [0.15, 0.2) is 18.3 Å². The largest absolute Gasteiger partial charge is 0.494 e. The van der Waals surface area contributed by atoms with Crippen LogP contribution >= 0.6 is 0 Å². The van der Waals surface area contributed by atoms with Gasteiger partial charge in [0.25, 0.3) is 0 Å². The average Bonchev–Trinajstić information content (AvgIpc) is 2.45. The molecule has 0 aliphatic heterocycles. The van der Waals surface area contributed by atoms with E-state index in [9.17, 15) is 18.0 Å². The van der Waals surface area contributed by atoms with E-state index in [4.69, 9.17) is 4.74 Å². The fourth-order valence-electron chi connectivity index (χ4n) is 2.62. The van der Waals surface area contributed by atoms with E-state index >= 15 is 0 Å². The normalized spacial score (nSPS) is 23.4. The summed E-state index contributed by atoms with van der Waals surface area (Å²) in [6.07, 6.45) is -2.15. The summed E-state index contributed by atoms with van der Waals surface area (Å²) < 4.78 is 42.9. The number of hydrogen-bond donors (Lipinski definition) is 0. The zero-order chi connectivity index (χ0) is 14.8. The van der Waals surface area contributed by atoms with E-state index in [1.807, 2.05) is 0 Å². The number of carbonyl (C=O) groups is 1. The van der Waals surface area contributed by atoms with E-state index in [1.165, 1.54) is 13.3 Å². The molecule has 0 amide bonds. The SMILES string of the molecule is COc1cccnc1C(=O)C1CCC(C(F)(F)F)CC1. The van der Waals surface area contributed by atoms with E-state index in [0.29, 0.717) is 5.75 Å². The molecule has 2 rings (SSSR count). The molecular formula is C14H16F3NO2. The molecule has 1 saturated carbocycles. The van der Waals surface area contributed by atoms with Crippen LogP contribution in [-0.2, 0) is 0 Å². The quantitative estimate of drug-likeness (QED) is 0.797. The van der Waals surface area contributed by atoms with Gasteiger partial charge >= 0.3 is 6.18 Å². The minimum absolute atomic E-state index is 0.00898. The third-order valence-corrected chi connectivity index (χ3v) is 3.78. The maximum Gasteiger partial charge on any atom is 0.391 e. The summed E-state index contributed by atoms with van der Waals surface area (Å²) in [7, 11) is 1.44. The number of alkyl halides is 3. The molecule has 0 spiro atoms. The minimum Gasteiger partial charge on any atom is -0.494 e. The van der Waals surface area contributed by atoms with Gasteiger partial charge in [0.2, 0.25) is 0 Å². The van der Waals surface area contributed by atoms with Gasteiger partial charge in [0.15, 0.2) is 5.78 Å². The van der Waals surface area contributed by atoms with E-state index in [0.717, 1.165) is 0 Å². The van der Waals surface area contributed by atoms with E-state index in [2.05, 4.69) is 4.98 Å². The molecule has 0 atom stereocenters. The molecule has 20 heavy (non-hydrogen) atoms. The predicted octanol–water partition coefficient (Wildman–Crippen LogP) is 3.64. The van der Waals surface area contributed by atoms with Crippen LogP contribution in [0, 0.1) is 11.8 Å². The van der Waals surface area contributed by atoms with Crippen LogP contribution in [0.1, 0.15) is 36.2 Å². The van der Waals surface area contributed by atoms with Gasteiger partial charge in [0.1, 0.15) is 11.4 Å². The zero-order valence-corrected chi connectivity index (χ0v) is 11.1. The Bertz CT molecular complexity index is 480. The molecule has 1 fully saturated rings. The highest BCUT2D eigenvalue weighted by Gasteiger charge is 2.42.